The monoisotopic (exact) mass is 368 g/mol. The highest BCUT2D eigenvalue weighted by atomic mass is 32.2. The summed E-state index contributed by atoms with van der Waals surface area (Å²) in [4.78, 5) is 14.6. The van der Waals surface area contributed by atoms with Crippen LogP contribution in [0.15, 0.2) is 23.1 Å². The maximum atomic E-state index is 12.9. The predicted molar refractivity (Wildman–Crippen MR) is 97.4 cm³/mol. The summed E-state index contributed by atoms with van der Waals surface area (Å²) in [5.41, 5.74) is 0.390. The lowest BCUT2D eigenvalue weighted by Crippen LogP contribution is -2.38. The van der Waals surface area contributed by atoms with E-state index in [1.807, 2.05) is 0 Å². The lowest BCUT2D eigenvalue weighted by atomic mass is 9.98. The maximum Gasteiger partial charge on any atom is 0.253 e. The second-order valence-electron chi connectivity index (χ2n) is 6.43. The van der Waals surface area contributed by atoms with Gasteiger partial charge in [0.2, 0.25) is 10.0 Å². The van der Waals surface area contributed by atoms with Crippen molar-refractivity contribution in [3.63, 3.8) is 0 Å². The first-order valence-corrected chi connectivity index (χ1v) is 10.3. The van der Waals surface area contributed by atoms with Crippen LogP contribution in [-0.2, 0) is 10.0 Å². The van der Waals surface area contributed by atoms with E-state index in [1.54, 1.807) is 30.9 Å². The Bertz CT molecular complexity index is 706. The van der Waals surface area contributed by atoms with Gasteiger partial charge in [-0.25, -0.2) is 8.42 Å². The fourth-order valence-corrected chi connectivity index (χ4v) is 4.75. The summed E-state index contributed by atoms with van der Waals surface area (Å²) in [6, 6.07) is 4.66. The van der Waals surface area contributed by atoms with Gasteiger partial charge in [0.25, 0.3) is 5.91 Å². The second kappa shape index (κ2) is 8.19. The third kappa shape index (κ3) is 4.15. The van der Waals surface area contributed by atoms with Crippen LogP contribution in [0.1, 0.15) is 44.0 Å². The Morgan fingerprint density at radius 3 is 2.36 bits per heavy atom. The van der Waals surface area contributed by atoms with Gasteiger partial charge in [0, 0.05) is 31.7 Å². The Labute approximate surface area is 150 Å². The molecule has 1 saturated heterocycles. The first-order chi connectivity index (χ1) is 11.8. The predicted octanol–water partition coefficient (Wildman–Crippen LogP) is 2.60. The highest BCUT2D eigenvalue weighted by Crippen LogP contribution is 2.29. The van der Waals surface area contributed by atoms with Gasteiger partial charge in [0.05, 0.1) is 7.11 Å². The van der Waals surface area contributed by atoms with E-state index in [0.717, 1.165) is 12.8 Å². The normalized spacial score (nSPS) is 16.3. The third-order valence-corrected chi connectivity index (χ3v) is 6.88. The van der Waals surface area contributed by atoms with E-state index in [1.165, 1.54) is 17.5 Å². The van der Waals surface area contributed by atoms with Gasteiger partial charge in [-0.05, 0) is 37.0 Å². The van der Waals surface area contributed by atoms with Crippen LogP contribution in [0.4, 0.5) is 0 Å². The molecule has 1 fully saturated rings. The molecule has 0 aromatic heterocycles. The van der Waals surface area contributed by atoms with Crippen molar-refractivity contribution in [2.45, 2.75) is 38.5 Å². The van der Waals surface area contributed by atoms with Crippen molar-refractivity contribution in [2.75, 3.05) is 33.3 Å². The summed E-state index contributed by atoms with van der Waals surface area (Å²) in [6.07, 6.45) is 1.96. The van der Waals surface area contributed by atoms with Crippen LogP contribution in [0.3, 0.4) is 0 Å². The van der Waals surface area contributed by atoms with Gasteiger partial charge in [0.1, 0.15) is 10.6 Å². The number of likely N-dealkylation sites (tertiary alicyclic amines) is 1. The second-order valence-corrected chi connectivity index (χ2v) is 8.34. The van der Waals surface area contributed by atoms with Crippen LogP contribution in [0.25, 0.3) is 0 Å². The molecule has 1 aromatic rings. The molecule has 0 aliphatic carbocycles. The molecule has 0 radical (unpaired) electrons. The number of hydrogen-bond acceptors (Lipinski definition) is 4. The Balaban J connectivity index is 2.38. The molecular formula is C18H28N2O4S. The van der Waals surface area contributed by atoms with Gasteiger partial charge in [-0.1, -0.05) is 20.8 Å². The maximum absolute atomic E-state index is 12.9. The minimum Gasteiger partial charge on any atom is -0.495 e. The fraction of sp³-hybridized carbons (Fsp3) is 0.611. The van der Waals surface area contributed by atoms with Crippen molar-refractivity contribution in [3.8, 4) is 5.75 Å². The molecule has 1 heterocycles. The molecule has 1 aromatic carbocycles. The van der Waals surface area contributed by atoms with Crippen LogP contribution < -0.4 is 4.74 Å². The van der Waals surface area contributed by atoms with Gasteiger partial charge in [-0.3, -0.25) is 4.79 Å². The zero-order valence-electron chi connectivity index (χ0n) is 15.5. The third-order valence-electron chi connectivity index (χ3n) is 4.80. The summed E-state index contributed by atoms with van der Waals surface area (Å²) in [6.45, 7) is 7.92. The lowest BCUT2D eigenvalue weighted by molar-refractivity contribution is 0.0697. The molecule has 6 nitrogen and oxygen atoms in total. The number of carbonyl (C=O) groups excluding carboxylic acids is 1. The molecular weight excluding hydrogens is 340 g/mol. The smallest absolute Gasteiger partial charge is 0.253 e. The van der Waals surface area contributed by atoms with Crippen molar-refractivity contribution in [3.05, 3.63) is 23.8 Å². The Kier molecular flexibility index (Phi) is 6.46. The average Bonchev–Trinajstić information content (AvgIpc) is 2.62. The molecule has 25 heavy (non-hydrogen) atoms. The number of nitrogens with zero attached hydrogens (tertiary/aromatic N) is 2. The van der Waals surface area contributed by atoms with Crippen LogP contribution in [0.2, 0.25) is 0 Å². The van der Waals surface area contributed by atoms with E-state index in [4.69, 9.17) is 4.74 Å². The van der Waals surface area contributed by atoms with Crippen molar-refractivity contribution >= 4 is 15.9 Å². The van der Waals surface area contributed by atoms with Crippen LogP contribution >= 0.6 is 0 Å². The molecule has 140 valence electrons. The Morgan fingerprint density at radius 2 is 1.84 bits per heavy atom. The van der Waals surface area contributed by atoms with Crippen molar-refractivity contribution < 1.29 is 17.9 Å². The highest BCUT2D eigenvalue weighted by molar-refractivity contribution is 7.89. The highest BCUT2D eigenvalue weighted by Gasteiger charge is 2.28. The number of rotatable bonds is 6. The van der Waals surface area contributed by atoms with Gasteiger partial charge in [-0.15, -0.1) is 0 Å². The molecule has 1 aliphatic rings. The van der Waals surface area contributed by atoms with E-state index < -0.39 is 10.0 Å². The molecule has 1 aliphatic heterocycles. The number of hydrogen-bond donors (Lipinski definition) is 0. The fourth-order valence-electron chi connectivity index (χ4n) is 3.11. The zero-order chi connectivity index (χ0) is 18.6. The summed E-state index contributed by atoms with van der Waals surface area (Å²) in [5.74, 6) is 0.764. The number of benzene rings is 1. The molecule has 7 heteroatoms. The molecule has 1 amide bonds. The van der Waals surface area contributed by atoms with Crippen molar-refractivity contribution in [2.24, 2.45) is 5.92 Å². The van der Waals surface area contributed by atoms with E-state index >= 15 is 0 Å². The van der Waals surface area contributed by atoms with Gasteiger partial charge in [0.15, 0.2) is 0 Å². The summed E-state index contributed by atoms with van der Waals surface area (Å²) in [7, 11) is -2.27. The molecule has 0 atom stereocenters. The van der Waals surface area contributed by atoms with Crippen molar-refractivity contribution in [1.29, 1.82) is 0 Å². The number of amides is 1. The summed E-state index contributed by atoms with van der Waals surface area (Å²) >= 11 is 0. The van der Waals surface area contributed by atoms with E-state index in [2.05, 4.69) is 6.92 Å². The Hall–Kier alpha value is -1.60. The number of carbonyl (C=O) groups is 1. The molecule has 0 saturated carbocycles. The molecule has 0 N–H and O–H groups in total. The quantitative estimate of drug-likeness (QED) is 0.774. The summed E-state index contributed by atoms with van der Waals surface area (Å²) < 4.78 is 32.4. The number of ether oxygens (including phenoxy) is 1. The number of methoxy groups -OCH3 is 1. The summed E-state index contributed by atoms with van der Waals surface area (Å²) in [5, 5.41) is 0. The van der Waals surface area contributed by atoms with E-state index in [0.29, 0.717) is 37.7 Å². The standard InChI is InChI=1S/C18H28N2O4S/c1-5-20(6-2)25(22,23)17-13-15(7-8-16(17)24-4)18(21)19-11-9-14(3)10-12-19/h7-8,13-14H,5-6,9-12H2,1-4H3. The lowest BCUT2D eigenvalue weighted by Gasteiger charge is -2.30. The first kappa shape index (κ1) is 19.7. The SMILES string of the molecule is CCN(CC)S(=O)(=O)c1cc(C(=O)N2CCC(C)CC2)ccc1OC. The van der Waals surface area contributed by atoms with Crippen LogP contribution in [-0.4, -0.2) is 56.8 Å². The number of sulfonamides is 1. The molecule has 0 bridgehead atoms. The minimum atomic E-state index is -3.70. The van der Waals surface area contributed by atoms with Gasteiger partial charge in [-0.2, -0.15) is 4.31 Å². The largest absolute Gasteiger partial charge is 0.495 e. The minimum absolute atomic E-state index is 0.0509. The van der Waals surface area contributed by atoms with Gasteiger partial charge >= 0.3 is 0 Å². The molecule has 0 spiro atoms. The first-order valence-electron chi connectivity index (χ1n) is 8.82. The topological polar surface area (TPSA) is 66.9 Å². The van der Waals surface area contributed by atoms with Gasteiger partial charge < -0.3 is 9.64 Å². The number of piperidine rings is 1. The van der Waals surface area contributed by atoms with Crippen LogP contribution in [0, 0.1) is 5.92 Å². The zero-order valence-corrected chi connectivity index (χ0v) is 16.3. The van der Waals surface area contributed by atoms with Crippen LogP contribution in [0.5, 0.6) is 5.75 Å². The van der Waals surface area contributed by atoms with E-state index in [-0.39, 0.29) is 16.6 Å². The van der Waals surface area contributed by atoms with E-state index in [9.17, 15) is 13.2 Å². The average molecular weight is 368 g/mol. The van der Waals surface area contributed by atoms with Crippen molar-refractivity contribution in [1.82, 2.24) is 9.21 Å². The Morgan fingerprint density at radius 1 is 1.24 bits per heavy atom. The molecule has 0 unspecified atom stereocenters. The molecule has 2 rings (SSSR count).